The lowest BCUT2D eigenvalue weighted by molar-refractivity contribution is -0.116. The molecule has 25 heavy (non-hydrogen) atoms. The molecule has 0 unspecified atom stereocenters. The fourth-order valence-electron chi connectivity index (χ4n) is 2.64. The van der Waals surface area contributed by atoms with Crippen LogP contribution < -0.4 is 9.62 Å². The second kappa shape index (κ2) is 7.89. The third-order valence-electron chi connectivity index (χ3n) is 3.74. The Kier molecular flexibility index (Phi) is 6.08. The second-order valence-electron chi connectivity index (χ2n) is 5.88. The van der Waals surface area contributed by atoms with Crippen molar-refractivity contribution in [3.8, 4) is 0 Å². The topological polar surface area (TPSA) is 66.5 Å². The average molecular weight is 381 g/mol. The molecule has 0 bridgehead atoms. The first kappa shape index (κ1) is 19.3. The molecule has 2 rings (SSSR count). The quantitative estimate of drug-likeness (QED) is 0.829. The Morgan fingerprint density at radius 3 is 2.28 bits per heavy atom. The molecule has 0 aliphatic heterocycles. The van der Waals surface area contributed by atoms with Gasteiger partial charge in [-0.2, -0.15) is 0 Å². The Balaban J connectivity index is 2.15. The van der Waals surface area contributed by atoms with E-state index in [2.05, 4.69) is 5.32 Å². The SMILES string of the molecule is Cc1cccc(C)c1N(CCC(=O)Nc1cccc(Cl)c1)S(C)(=O)=O. The van der Waals surface area contributed by atoms with Gasteiger partial charge in [-0.1, -0.05) is 35.9 Å². The molecule has 0 fully saturated rings. The number of carbonyl (C=O) groups excluding carboxylic acids is 1. The third kappa shape index (κ3) is 5.21. The van der Waals surface area contributed by atoms with E-state index in [1.54, 1.807) is 24.3 Å². The van der Waals surface area contributed by atoms with Gasteiger partial charge in [-0.3, -0.25) is 9.10 Å². The van der Waals surface area contributed by atoms with Gasteiger partial charge in [-0.25, -0.2) is 8.42 Å². The summed E-state index contributed by atoms with van der Waals surface area (Å²) in [6.45, 7) is 3.77. The Morgan fingerprint density at radius 2 is 1.72 bits per heavy atom. The fourth-order valence-corrected chi connectivity index (χ4v) is 3.87. The van der Waals surface area contributed by atoms with Crippen molar-refractivity contribution in [2.24, 2.45) is 0 Å². The molecule has 1 N–H and O–H groups in total. The molecule has 7 heteroatoms. The summed E-state index contributed by atoms with van der Waals surface area (Å²) in [6, 6.07) is 12.4. The smallest absolute Gasteiger partial charge is 0.232 e. The predicted octanol–water partition coefficient (Wildman–Crippen LogP) is 3.75. The molecule has 134 valence electrons. The molecule has 2 aromatic rings. The standard InChI is InChI=1S/C18H21ClN2O3S/c1-13-6-4-7-14(2)18(13)21(25(3,23)24)11-10-17(22)20-16-9-5-8-15(19)12-16/h4-9,12H,10-11H2,1-3H3,(H,20,22). The summed E-state index contributed by atoms with van der Waals surface area (Å²) in [5.41, 5.74) is 2.90. The van der Waals surface area contributed by atoms with Crippen LogP contribution in [-0.2, 0) is 14.8 Å². The first-order chi connectivity index (χ1) is 11.7. The highest BCUT2D eigenvalue weighted by molar-refractivity contribution is 7.92. The van der Waals surface area contributed by atoms with E-state index in [9.17, 15) is 13.2 Å². The van der Waals surface area contributed by atoms with Crippen molar-refractivity contribution in [3.05, 3.63) is 58.6 Å². The molecule has 0 radical (unpaired) electrons. The van der Waals surface area contributed by atoms with Crippen molar-refractivity contribution >= 4 is 38.9 Å². The van der Waals surface area contributed by atoms with E-state index in [1.165, 1.54) is 4.31 Å². The molecule has 0 spiro atoms. The van der Waals surface area contributed by atoms with Gasteiger partial charge in [0.2, 0.25) is 15.9 Å². The number of hydrogen-bond donors (Lipinski definition) is 1. The molecule has 2 aromatic carbocycles. The number of nitrogens with zero attached hydrogens (tertiary/aromatic N) is 1. The number of hydrogen-bond acceptors (Lipinski definition) is 3. The summed E-state index contributed by atoms with van der Waals surface area (Å²) < 4.78 is 25.7. The van der Waals surface area contributed by atoms with Gasteiger partial charge in [0.1, 0.15) is 0 Å². The minimum atomic E-state index is -3.51. The molecule has 0 aromatic heterocycles. The van der Waals surface area contributed by atoms with Crippen LogP contribution in [0.2, 0.25) is 5.02 Å². The minimum absolute atomic E-state index is 0.0351. The van der Waals surface area contributed by atoms with E-state index in [0.717, 1.165) is 17.4 Å². The van der Waals surface area contributed by atoms with Crippen LogP contribution in [0.25, 0.3) is 0 Å². The highest BCUT2D eigenvalue weighted by Crippen LogP contribution is 2.27. The number of sulfonamides is 1. The normalized spacial score (nSPS) is 11.2. The average Bonchev–Trinajstić information content (AvgIpc) is 2.48. The summed E-state index contributed by atoms with van der Waals surface area (Å²) in [7, 11) is -3.51. The molecule has 0 aliphatic carbocycles. The molecule has 0 heterocycles. The maximum atomic E-state index is 12.2. The molecule has 0 saturated heterocycles. The van der Waals surface area contributed by atoms with Gasteiger partial charge in [0, 0.05) is 23.7 Å². The van der Waals surface area contributed by atoms with Crippen LogP contribution in [0.1, 0.15) is 17.5 Å². The zero-order valence-corrected chi connectivity index (χ0v) is 16.0. The van der Waals surface area contributed by atoms with Crippen LogP contribution in [0.5, 0.6) is 0 Å². The highest BCUT2D eigenvalue weighted by atomic mass is 35.5. The lowest BCUT2D eigenvalue weighted by atomic mass is 10.1. The van der Waals surface area contributed by atoms with Crippen molar-refractivity contribution in [1.82, 2.24) is 0 Å². The van der Waals surface area contributed by atoms with E-state index in [0.29, 0.717) is 16.4 Å². The van der Waals surface area contributed by atoms with Gasteiger partial charge in [0.15, 0.2) is 0 Å². The Morgan fingerprint density at radius 1 is 1.12 bits per heavy atom. The molecule has 0 aliphatic rings. The fraction of sp³-hybridized carbons (Fsp3) is 0.278. The Hall–Kier alpha value is -2.05. The molecular formula is C18H21ClN2O3S. The van der Waals surface area contributed by atoms with Crippen LogP contribution in [-0.4, -0.2) is 27.1 Å². The monoisotopic (exact) mass is 380 g/mol. The summed E-state index contributed by atoms with van der Waals surface area (Å²) in [4.78, 5) is 12.2. The molecule has 0 saturated carbocycles. The minimum Gasteiger partial charge on any atom is -0.326 e. The first-order valence-electron chi connectivity index (χ1n) is 7.78. The van der Waals surface area contributed by atoms with E-state index in [4.69, 9.17) is 11.6 Å². The van der Waals surface area contributed by atoms with Gasteiger partial charge in [0.05, 0.1) is 11.9 Å². The number of carbonyl (C=O) groups is 1. The van der Waals surface area contributed by atoms with Crippen LogP contribution in [0.4, 0.5) is 11.4 Å². The second-order valence-corrected chi connectivity index (χ2v) is 8.23. The van der Waals surface area contributed by atoms with Gasteiger partial charge in [-0.15, -0.1) is 0 Å². The highest BCUT2D eigenvalue weighted by Gasteiger charge is 2.21. The van der Waals surface area contributed by atoms with E-state index < -0.39 is 10.0 Å². The Labute approximate surface area is 153 Å². The van der Waals surface area contributed by atoms with E-state index in [1.807, 2.05) is 32.0 Å². The van der Waals surface area contributed by atoms with E-state index in [-0.39, 0.29) is 18.9 Å². The number of aryl methyl sites for hydroxylation is 2. The maximum Gasteiger partial charge on any atom is 0.232 e. The van der Waals surface area contributed by atoms with Crippen LogP contribution >= 0.6 is 11.6 Å². The number of amides is 1. The zero-order chi connectivity index (χ0) is 18.6. The summed E-state index contributed by atoms with van der Waals surface area (Å²) in [6.07, 6.45) is 1.18. The zero-order valence-electron chi connectivity index (χ0n) is 14.4. The molecule has 5 nitrogen and oxygen atoms in total. The summed E-state index contributed by atoms with van der Waals surface area (Å²) in [5.74, 6) is -0.276. The largest absolute Gasteiger partial charge is 0.326 e. The number of benzene rings is 2. The maximum absolute atomic E-state index is 12.2. The summed E-state index contributed by atoms with van der Waals surface area (Å²) in [5, 5.41) is 3.24. The lowest BCUT2D eigenvalue weighted by Gasteiger charge is -2.25. The van der Waals surface area contributed by atoms with Crippen LogP contribution in [0, 0.1) is 13.8 Å². The van der Waals surface area contributed by atoms with Crippen LogP contribution in [0.15, 0.2) is 42.5 Å². The van der Waals surface area contributed by atoms with Crippen LogP contribution in [0.3, 0.4) is 0 Å². The van der Waals surface area contributed by atoms with E-state index >= 15 is 0 Å². The lowest BCUT2D eigenvalue weighted by Crippen LogP contribution is -2.34. The van der Waals surface area contributed by atoms with Crippen molar-refractivity contribution in [2.45, 2.75) is 20.3 Å². The van der Waals surface area contributed by atoms with Gasteiger partial charge in [-0.05, 0) is 43.2 Å². The van der Waals surface area contributed by atoms with Crippen molar-refractivity contribution in [1.29, 1.82) is 0 Å². The number of rotatable bonds is 6. The predicted molar refractivity (Wildman–Crippen MR) is 103 cm³/mol. The first-order valence-corrected chi connectivity index (χ1v) is 10.0. The number of anilines is 2. The van der Waals surface area contributed by atoms with Gasteiger partial charge >= 0.3 is 0 Å². The van der Waals surface area contributed by atoms with Crippen molar-refractivity contribution in [2.75, 3.05) is 22.4 Å². The number of para-hydroxylation sites is 1. The van der Waals surface area contributed by atoms with Crippen molar-refractivity contribution < 1.29 is 13.2 Å². The number of halogens is 1. The molecule has 1 amide bonds. The Bertz CT molecular complexity index is 861. The van der Waals surface area contributed by atoms with Gasteiger partial charge < -0.3 is 5.32 Å². The summed E-state index contributed by atoms with van der Waals surface area (Å²) >= 11 is 5.89. The molecule has 0 atom stereocenters. The number of nitrogens with one attached hydrogen (secondary N) is 1. The van der Waals surface area contributed by atoms with Gasteiger partial charge in [0.25, 0.3) is 0 Å². The molecular weight excluding hydrogens is 360 g/mol. The van der Waals surface area contributed by atoms with Crippen molar-refractivity contribution in [3.63, 3.8) is 0 Å². The third-order valence-corrected chi connectivity index (χ3v) is 5.14.